The Morgan fingerprint density at radius 1 is 1.16 bits per heavy atom. The highest BCUT2D eigenvalue weighted by Crippen LogP contribution is 2.19. The molecule has 25 heavy (non-hydrogen) atoms. The molecule has 0 aliphatic rings. The first-order chi connectivity index (χ1) is 12.0. The zero-order valence-corrected chi connectivity index (χ0v) is 16.6. The van der Waals surface area contributed by atoms with E-state index in [-0.39, 0.29) is 0 Å². The second kappa shape index (κ2) is 9.42. The largest absolute Gasteiger partial charge is 0.496 e. The molecule has 2 aromatic rings. The first-order valence-electron chi connectivity index (χ1n) is 8.54. The van der Waals surface area contributed by atoms with Crippen molar-refractivity contribution < 1.29 is 4.74 Å². The predicted octanol–water partition coefficient (Wildman–Crippen LogP) is 3.03. The second-order valence-electron chi connectivity index (χ2n) is 5.99. The molecule has 2 N–H and O–H groups in total. The molecular weight excluding hydrogens is 332 g/mol. The summed E-state index contributed by atoms with van der Waals surface area (Å²) in [5.74, 6) is 1.75. The second-order valence-corrected chi connectivity index (χ2v) is 7.28. The van der Waals surface area contributed by atoms with Crippen molar-refractivity contribution in [3.8, 4) is 5.75 Å². The Morgan fingerprint density at radius 2 is 1.88 bits per heavy atom. The number of benzene rings is 1. The standard InChI is InChI=1S/C19H28N4OS/c1-13-6-7-17(24-5)16(12-13)8-10-21-19(20-4)22-11-9-18-23-14(2)15(3)25-18/h6-7,12H,8-11H2,1-5H3,(H2,20,21,22). The van der Waals surface area contributed by atoms with Crippen molar-refractivity contribution in [2.75, 3.05) is 27.2 Å². The van der Waals surface area contributed by atoms with Gasteiger partial charge in [0.25, 0.3) is 0 Å². The lowest BCUT2D eigenvalue weighted by atomic mass is 10.1. The molecule has 6 heteroatoms. The lowest BCUT2D eigenvalue weighted by Gasteiger charge is -2.13. The molecule has 2 rings (SSSR count). The number of thiazole rings is 1. The molecular formula is C19H28N4OS. The van der Waals surface area contributed by atoms with Crippen LogP contribution in [0.15, 0.2) is 23.2 Å². The van der Waals surface area contributed by atoms with E-state index in [4.69, 9.17) is 4.74 Å². The van der Waals surface area contributed by atoms with Gasteiger partial charge in [0, 0.05) is 31.4 Å². The molecule has 5 nitrogen and oxygen atoms in total. The van der Waals surface area contributed by atoms with E-state index in [1.54, 1.807) is 25.5 Å². The molecule has 0 amide bonds. The van der Waals surface area contributed by atoms with Gasteiger partial charge in [0.1, 0.15) is 5.75 Å². The van der Waals surface area contributed by atoms with Crippen LogP contribution in [0.3, 0.4) is 0 Å². The summed E-state index contributed by atoms with van der Waals surface area (Å²) in [5, 5.41) is 7.87. The van der Waals surface area contributed by atoms with Gasteiger partial charge in [-0.1, -0.05) is 17.7 Å². The molecule has 136 valence electrons. The van der Waals surface area contributed by atoms with Crippen LogP contribution in [0.1, 0.15) is 26.7 Å². The quantitative estimate of drug-likeness (QED) is 0.589. The third-order valence-electron chi connectivity index (χ3n) is 4.05. The Morgan fingerprint density at radius 3 is 2.48 bits per heavy atom. The predicted molar refractivity (Wildman–Crippen MR) is 106 cm³/mol. The summed E-state index contributed by atoms with van der Waals surface area (Å²) in [7, 11) is 3.50. The van der Waals surface area contributed by atoms with Gasteiger partial charge in [0.15, 0.2) is 5.96 Å². The fourth-order valence-electron chi connectivity index (χ4n) is 2.57. The van der Waals surface area contributed by atoms with Crippen molar-refractivity contribution >= 4 is 17.3 Å². The van der Waals surface area contributed by atoms with E-state index < -0.39 is 0 Å². The number of nitrogens with zero attached hydrogens (tertiary/aromatic N) is 2. The number of hydrogen-bond acceptors (Lipinski definition) is 4. The summed E-state index contributed by atoms with van der Waals surface area (Å²) in [6.45, 7) is 7.89. The Balaban J connectivity index is 1.78. The summed E-state index contributed by atoms with van der Waals surface area (Å²) >= 11 is 1.77. The summed E-state index contributed by atoms with van der Waals surface area (Å²) in [6.07, 6.45) is 1.79. The summed E-state index contributed by atoms with van der Waals surface area (Å²) in [4.78, 5) is 10.1. The topological polar surface area (TPSA) is 58.5 Å². The molecule has 0 spiro atoms. The molecule has 0 saturated carbocycles. The molecule has 0 radical (unpaired) electrons. The van der Waals surface area contributed by atoms with Crippen LogP contribution in [0.2, 0.25) is 0 Å². The van der Waals surface area contributed by atoms with Crippen LogP contribution in [-0.4, -0.2) is 38.2 Å². The van der Waals surface area contributed by atoms with Crippen LogP contribution < -0.4 is 15.4 Å². The molecule has 0 atom stereocenters. The molecule has 0 fully saturated rings. The SMILES string of the molecule is CN=C(NCCc1nc(C)c(C)s1)NCCc1cc(C)ccc1OC. The van der Waals surface area contributed by atoms with Crippen LogP contribution in [0.25, 0.3) is 0 Å². The fraction of sp³-hybridized carbons (Fsp3) is 0.474. The number of rotatable bonds is 7. The first kappa shape index (κ1) is 19.2. The maximum Gasteiger partial charge on any atom is 0.191 e. The van der Waals surface area contributed by atoms with Crippen molar-refractivity contribution in [3.63, 3.8) is 0 Å². The first-order valence-corrected chi connectivity index (χ1v) is 9.36. The fourth-order valence-corrected chi connectivity index (χ4v) is 3.51. The van der Waals surface area contributed by atoms with E-state index in [9.17, 15) is 0 Å². The maximum atomic E-state index is 5.43. The smallest absolute Gasteiger partial charge is 0.191 e. The van der Waals surface area contributed by atoms with E-state index in [2.05, 4.69) is 53.5 Å². The number of aryl methyl sites for hydroxylation is 3. The van der Waals surface area contributed by atoms with Crippen LogP contribution >= 0.6 is 11.3 Å². The van der Waals surface area contributed by atoms with Crippen LogP contribution in [0, 0.1) is 20.8 Å². The van der Waals surface area contributed by atoms with Crippen molar-refractivity contribution in [1.29, 1.82) is 0 Å². The van der Waals surface area contributed by atoms with E-state index >= 15 is 0 Å². The minimum atomic E-state index is 0.801. The van der Waals surface area contributed by atoms with Gasteiger partial charge in [0.05, 0.1) is 17.8 Å². The van der Waals surface area contributed by atoms with Crippen molar-refractivity contribution in [2.24, 2.45) is 4.99 Å². The Labute approximate surface area is 154 Å². The molecule has 0 aliphatic heterocycles. The maximum absolute atomic E-state index is 5.43. The lowest BCUT2D eigenvalue weighted by molar-refractivity contribution is 0.409. The van der Waals surface area contributed by atoms with E-state index in [1.165, 1.54) is 21.0 Å². The zero-order valence-electron chi connectivity index (χ0n) is 15.8. The van der Waals surface area contributed by atoms with Gasteiger partial charge < -0.3 is 15.4 Å². The third-order valence-corrected chi connectivity index (χ3v) is 5.18. The van der Waals surface area contributed by atoms with Crippen LogP contribution in [0.4, 0.5) is 0 Å². The summed E-state index contributed by atoms with van der Waals surface area (Å²) in [5.41, 5.74) is 3.58. The van der Waals surface area contributed by atoms with E-state index in [0.717, 1.165) is 43.3 Å². The highest BCUT2D eigenvalue weighted by atomic mass is 32.1. The normalized spacial score (nSPS) is 11.5. The Kier molecular flexibility index (Phi) is 7.25. The summed E-state index contributed by atoms with van der Waals surface area (Å²) in [6, 6.07) is 6.26. The summed E-state index contributed by atoms with van der Waals surface area (Å²) < 4.78 is 5.43. The van der Waals surface area contributed by atoms with E-state index in [0.29, 0.717) is 0 Å². The van der Waals surface area contributed by atoms with Gasteiger partial charge in [-0.2, -0.15) is 0 Å². The highest BCUT2D eigenvalue weighted by Gasteiger charge is 2.06. The minimum absolute atomic E-state index is 0.801. The minimum Gasteiger partial charge on any atom is -0.496 e. The van der Waals surface area contributed by atoms with Gasteiger partial charge in [-0.3, -0.25) is 4.99 Å². The average Bonchev–Trinajstić information content (AvgIpc) is 2.91. The number of hydrogen-bond donors (Lipinski definition) is 2. The molecule has 1 aromatic carbocycles. The van der Waals surface area contributed by atoms with Crippen molar-refractivity contribution in [3.05, 3.63) is 44.9 Å². The average molecular weight is 361 g/mol. The Hall–Kier alpha value is -2.08. The van der Waals surface area contributed by atoms with Gasteiger partial charge in [-0.25, -0.2) is 4.98 Å². The number of nitrogens with one attached hydrogen (secondary N) is 2. The molecule has 1 aromatic heterocycles. The molecule has 0 aliphatic carbocycles. The Bertz CT molecular complexity index is 705. The van der Waals surface area contributed by atoms with Crippen molar-refractivity contribution in [2.45, 2.75) is 33.6 Å². The molecule has 1 heterocycles. The number of ether oxygens (including phenoxy) is 1. The molecule has 0 saturated heterocycles. The monoisotopic (exact) mass is 360 g/mol. The lowest BCUT2D eigenvalue weighted by Crippen LogP contribution is -2.39. The number of guanidine groups is 1. The van der Waals surface area contributed by atoms with Gasteiger partial charge >= 0.3 is 0 Å². The van der Waals surface area contributed by atoms with Crippen LogP contribution in [0.5, 0.6) is 5.75 Å². The van der Waals surface area contributed by atoms with E-state index in [1.807, 2.05) is 6.07 Å². The number of methoxy groups -OCH3 is 1. The number of aromatic nitrogens is 1. The highest BCUT2D eigenvalue weighted by molar-refractivity contribution is 7.11. The molecule has 0 bridgehead atoms. The van der Waals surface area contributed by atoms with Gasteiger partial charge in [-0.15, -0.1) is 11.3 Å². The van der Waals surface area contributed by atoms with Crippen molar-refractivity contribution in [1.82, 2.24) is 15.6 Å². The van der Waals surface area contributed by atoms with Crippen LogP contribution in [-0.2, 0) is 12.8 Å². The third kappa shape index (κ3) is 5.74. The molecule has 0 unspecified atom stereocenters. The zero-order chi connectivity index (χ0) is 18.2. The van der Waals surface area contributed by atoms with Gasteiger partial charge in [0.2, 0.25) is 0 Å². The van der Waals surface area contributed by atoms with Gasteiger partial charge in [-0.05, 0) is 38.8 Å². The number of aliphatic imine (C=N–C) groups is 1.